The van der Waals surface area contributed by atoms with Crippen molar-refractivity contribution in [1.29, 1.82) is 5.26 Å². The van der Waals surface area contributed by atoms with Gasteiger partial charge in [-0.25, -0.2) is 22.3 Å². The van der Waals surface area contributed by atoms with Crippen LogP contribution in [-0.4, -0.2) is 26.1 Å². The standard InChI is InChI=1S/C22H16FN5O4S2/c1-25-14-4-6-16-17(9-14)13(11-24)12-28(21(16)29)19-7-5-15(10-18(19)23)26-22(30)27-34(31,32)20-3-2-8-33-20/h2-10,12,25H,1H3,(H2,26,27,30). The molecule has 2 aromatic carbocycles. The Hall–Kier alpha value is -4.21. The maximum absolute atomic E-state index is 14.9. The van der Waals surface area contributed by atoms with E-state index in [-0.39, 0.29) is 26.5 Å². The van der Waals surface area contributed by atoms with Crippen molar-refractivity contribution in [3.63, 3.8) is 0 Å². The molecule has 0 fully saturated rings. The summed E-state index contributed by atoms with van der Waals surface area (Å²) >= 11 is 0.938. The van der Waals surface area contributed by atoms with Crippen molar-refractivity contribution in [3.8, 4) is 11.8 Å². The third kappa shape index (κ3) is 4.34. The number of benzene rings is 2. The molecule has 2 aromatic heterocycles. The minimum atomic E-state index is -4.05. The Kier molecular flexibility index (Phi) is 6.06. The van der Waals surface area contributed by atoms with Gasteiger partial charge >= 0.3 is 6.03 Å². The molecule has 0 bridgehead atoms. The maximum Gasteiger partial charge on any atom is 0.333 e. The number of amides is 2. The number of pyridine rings is 1. The fourth-order valence-electron chi connectivity index (χ4n) is 3.29. The maximum atomic E-state index is 14.9. The van der Waals surface area contributed by atoms with Crippen LogP contribution in [0.15, 0.2) is 69.1 Å². The van der Waals surface area contributed by atoms with Gasteiger partial charge in [-0.15, -0.1) is 11.3 Å². The summed E-state index contributed by atoms with van der Waals surface area (Å²) in [6.07, 6.45) is 1.25. The van der Waals surface area contributed by atoms with Crippen molar-refractivity contribution in [2.45, 2.75) is 4.21 Å². The average Bonchev–Trinajstić information content (AvgIpc) is 3.35. The number of anilines is 2. The molecule has 0 spiro atoms. The second-order valence-corrected chi connectivity index (χ2v) is 9.85. The minimum absolute atomic E-state index is 0.0341. The Bertz CT molecular complexity index is 1620. The Morgan fingerprint density at radius 1 is 1.12 bits per heavy atom. The Morgan fingerprint density at radius 2 is 1.88 bits per heavy atom. The van der Waals surface area contributed by atoms with E-state index in [1.807, 2.05) is 10.8 Å². The van der Waals surface area contributed by atoms with Gasteiger partial charge in [-0.2, -0.15) is 5.26 Å². The van der Waals surface area contributed by atoms with Gasteiger partial charge in [-0.05, 0) is 47.8 Å². The zero-order valence-electron chi connectivity index (χ0n) is 17.5. The van der Waals surface area contributed by atoms with Crippen LogP contribution >= 0.6 is 11.3 Å². The highest BCUT2D eigenvalue weighted by Gasteiger charge is 2.19. The number of nitriles is 1. The topological polar surface area (TPSA) is 133 Å². The molecule has 4 rings (SSSR count). The molecule has 0 unspecified atom stereocenters. The summed E-state index contributed by atoms with van der Waals surface area (Å²) in [7, 11) is -2.35. The number of nitrogens with one attached hydrogen (secondary N) is 3. The van der Waals surface area contributed by atoms with Gasteiger partial charge in [-0.3, -0.25) is 9.36 Å². The van der Waals surface area contributed by atoms with Crippen molar-refractivity contribution >= 4 is 49.5 Å². The van der Waals surface area contributed by atoms with Crippen LogP contribution in [0.2, 0.25) is 0 Å². The lowest BCUT2D eigenvalue weighted by atomic mass is 10.1. The molecular formula is C22H16FN5O4S2. The normalized spacial score (nSPS) is 11.1. The number of sulfonamides is 1. The fraction of sp³-hybridized carbons (Fsp3) is 0.0455. The number of hydrogen-bond donors (Lipinski definition) is 3. The van der Waals surface area contributed by atoms with E-state index >= 15 is 0 Å². The summed E-state index contributed by atoms with van der Waals surface area (Å²) in [5.74, 6) is -0.865. The number of rotatable bonds is 5. The van der Waals surface area contributed by atoms with Gasteiger partial charge in [0.25, 0.3) is 15.6 Å². The van der Waals surface area contributed by atoms with Crippen LogP contribution in [-0.2, 0) is 10.0 Å². The molecular weight excluding hydrogens is 481 g/mol. The fourth-order valence-corrected chi connectivity index (χ4v) is 5.19. The molecule has 9 nitrogen and oxygen atoms in total. The predicted molar refractivity (Wildman–Crippen MR) is 127 cm³/mol. The number of carbonyl (C=O) groups excluding carboxylic acids is 1. The van der Waals surface area contributed by atoms with Gasteiger partial charge in [0.05, 0.1) is 11.3 Å². The first-order valence-electron chi connectivity index (χ1n) is 9.68. The lowest BCUT2D eigenvalue weighted by molar-refractivity contribution is 0.256. The first kappa shape index (κ1) is 23.0. The van der Waals surface area contributed by atoms with Crippen LogP contribution < -0.4 is 20.9 Å². The van der Waals surface area contributed by atoms with E-state index in [9.17, 15) is 27.7 Å². The van der Waals surface area contributed by atoms with Crippen LogP contribution in [0.1, 0.15) is 5.56 Å². The van der Waals surface area contributed by atoms with Crippen LogP contribution in [0.4, 0.5) is 20.6 Å². The van der Waals surface area contributed by atoms with Crippen molar-refractivity contribution in [1.82, 2.24) is 9.29 Å². The summed E-state index contributed by atoms with van der Waals surface area (Å²) in [6.45, 7) is 0. The Labute approximate surface area is 197 Å². The molecule has 3 N–H and O–H groups in total. The highest BCUT2D eigenvalue weighted by Crippen LogP contribution is 2.23. The van der Waals surface area contributed by atoms with Gasteiger partial charge in [0.2, 0.25) is 0 Å². The quantitative estimate of drug-likeness (QED) is 0.386. The lowest BCUT2D eigenvalue weighted by Gasteiger charge is -2.13. The molecule has 12 heteroatoms. The van der Waals surface area contributed by atoms with E-state index in [0.29, 0.717) is 11.1 Å². The van der Waals surface area contributed by atoms with E-state index in [4.69, 9.17) is 0 Å². The lowest BCUT2D eigenvalue weighted by Crippen LogP contribution is -2.34. The highest BCUT2D eigenvalue weighted by molar-refractivity contribution is 7.92. The average molecular weight is 498 g/mol. The number of fused-ring (bicyclic) bond motifs is 1. The number of hydrogen-bond acceptors (Lipinski definition) is 7. The van der Waals surface area contributed by atoms with Crippen LogP contribution in [0.3, 0.4) is 0 Å². The van der Waals surface area contributed by atoms with Gasteiger partial charge in [-0.1, -0.05) is 6.07 Å². The van der Waals surface area contributed by atoms with E-state index in [1.54, 1.807) is 30.6 Å². The van der Waals surface area contributed by atoms with E-state index in [0.717, 1.165) is 22.0 Å². The Balaban J connectivity index is 1.65. The third-order valence-corrected chi connectivity index (χ3v) is 7.61. The largest absolute Gasteiger partial charge is 0.388 e. The van der Waals surface area contributed by atoms with Crippen molar-refractivity contribution < 1.29 is 17.6 Å². The highest BCUT2D eigenvalue weighted by atomic mass is 32.2. The van der Waals surface area contributed by atoms with E-state index < -0.39 is 27.4 Å². The predicted octanol–water partition coefficient (Wildman–Crippen LogP) is 3.62. The van der Waals surface area contributed by atoms with E-state index in [2.05, 4.69) is 10.6 Å². The van der Waals surface area contributed by atoms with Crippen molar-refractivity contribution in [2.24, 2.45) is 0 Å². The van der Waals surface area contributed by atoms with Gasteiger partial charge < -0.3 is 10.6 Å². The summed E-state index contributed by atoms with van der Waals surface area (Å²) in [6, 6.07) is 12.2. The van der Waals surface area contributed by atoms with Gasteiger partial charge in [0.15, 0.2) is 0 Å². The smallest absolute Gasteiger partial charge is 0.333 e. The SMILES string of the molecule is CNc1ccc2c(=O)n(-c3ccc(NC(=O)NS(=O)(=O)c4cccs4)cc3F)cc(C#N)c2c1. The molecule has 172 valence electrons. The number of nitrogens with zero attached hydrogens (tertiary/aromatic N) is 2. The molecule has 0 aliphatic heterocycles. The van der Waals surface area contributed by atoms with Crippen molar-refractivity contribution in [2.75, 3.05) is 17.7 Å². The molecule has 4 aromatic rings. The number of aromatic nitrogens is 1. The zero-order chi connectivity index (χ0) is 24.5. The molecule has 2 heterocycles. The molecule has 0 radical (unpaired) electrons. The van der Waals surface area contributed by atoms with Gasteiger partial charge in [0, 0.05) is 35.4 Å². The molecule has 0 atom stereocenters. The zero-order valence-corrected chi connectivity index (χ0v) is 19.1. The molecule has 0 aliphatic carbocycles. The molecule has 0 aliphatic rings. The second kappa shape index (κ2) is 8.97. The summed E-state index contributed by atoms with van der Waals surface area (Å²) in [4.78, 5) is 25.1. The van der Waals surface area contributed by atoms with Crippen molar-refractivity contribution in [3.05, 3.63) is 81.8 Å². The number of halogens is 1. The van der Waals surface area contributed by atoms with E-state index in [1.165, 1.54) is 30.5 Å². The Morgan fingerprint density at radius 3 is 2.53 bits per heavy atom. The molecule has 0 saturated heterocycles. The van der Waals surface area contributed by atoms with Crippen LogP contribution in [0, 0.1) is 17.1 Å². The number of urea groups is 1. The first-order valence-corrected chi connectivity index (χ1v) is 12.0. The number of thiophene rings is 1. The van der Waals surface area contributed by atoms with Crippen LogP contribution in [0.5, 0.6) is 0 Å². The summed E-state index contributed by atoms with van der Waals surface area (Å²) < 4.78 is 42.0. The second-order valence-electron chi connectivity index (χ2n) is 7.00. The number of carbonyl (C=O) groups is 1. The summed E-state index contributed by atoms with van der Waals surface area (Å²) in [5.41, 5.74) is 0.177. The first-order chi connectivity index (χ1) is 16.2. The summed E-state index contributed by atoms with van der Waals surface area (Å²) in [5, 5.41) is 16.9. The van der Waals surface area contributed by atoms with Crippen LogP contribution in [0.25, 0.3) is 16.5 Å². The minimum Gasteiger partial charge on any atom is -0.388 e. The molecule has 0 saturated carbocycles. The molecule has 34 heavy (non-hydrogen) atoms. The third-order valence-electron chi connectivity index (χ3n) is 4.88. The molecule has 2 amide bonds. The van der Waals surface area contributed by atoms with Gasteiger partial charge in [0.1, 0.15) is 16.1 Å². The monoisotopic (exact) mass is 497 g/mol.